The molecule has 352 valence electrons. The minimum Gasteiger partial charge on any atom is -0.493 e. The van der Waals surface area contributed by atoms with Crippen molar-refractivity contribution in [2.75, 3.05) is 26.3 Å². The fraction of sp³-hybridized carbons (Fsp3) is 0.458. The number of rotatable bonds is 20. The molecule has 0 bridgehead atoms. The van der Waals surface area contributed by atoms with Gasteiger partial charge in [-0.1, -0.05) is 74.5 Å². The fourth-order valence-electron chi connectivity index (χ4n) is 7.42. The topological polar surface area (TPSA) is 244 Å². The van der Waals surface area contributed by atoms with Gasteiger partial charge in [-0.05, 0) is 61.1 Å². The van der Waals surface area contributed by atoms with Crippen molar-refractivity contribution in [2.45, 2.75) is 115 Å². The Morgan fingerprint density at radius 3 is 1.29 bits per heavy atom. The number of aliphatic hydroxyl groups is 6. The summed E-state index contributed by atoms with van der Waals surface area (Å²) in [5, 5.41) is 70.9. The van der Waals surface area contributed by atoms with Gasteiger partial charge in [0, 0.05) is 25.2 Å². The molecule has 17 heteroatoms. The lowest BCUT2D eigenvalue weighted by Crippen LogP contribution is -2.64. The van der Waals surface area contributed by atoms with Gasteiger partial charge in [-0.25, -0.2) is 0 Å². The Hall–Kier alpha value is -5.34. The summed E-state index contributed by atoms with van der Waals surface area (Å²) in [4.78, 5) is 27.6. The summed E-state index contributed by atoms with van der Waals surface area (Å²) in [7, 11) is 0. The predicted molar refractivity (Wildman–Crippen MR) is 235 cm³/mol. The van der Waals surface area contributed by atoms with Gasteiger partial charge >= 0.3 is 0 Å². The second-order valence-corrected chi connectivity index (χ2v) is 16.1. The van der Waals surface area contributed by atoms with Crippen LogP contribution < -0.4 is 29.6 Å². The van der Waals surface area contributed by atoms with E-state index in [2.05, 4.69) is 10.6 Å². The molecule has 2 aliphatic rings. The van der Waals surface area contributed by atoms with Crippen molar-refractivity contribution in [3.8, 4) is 23.0 Å². The summed E-state index contributed by atoms with van der Waals surface area (Å²) in [5.74, 6) is 0.323. The molecule has 0 radical (unpaired) electrons. The number of carbonyl (C=O) groups is 2. The van der Waals surface area contributed by atoms with Crippen molar-refractivity contribution in [1.82, 2.24) is 10.6 Å². The predicted octanol–water partition coefficient (Wildman–Crippen LogP) is 2.83. The summed E-state index contributed by atoms with van der Waals surface area (Å²) in [6, 6.07) is 25.4. The molecule has 4 aromatic rings. The number of ether oxygens (including phenoxy) is 7. The summed E-state index contributed by atoms with van der Waals surface area (Å²) >= 11 is 0. The van der Waals surface area contributed by atoms with Crippen LogP contribution in [0.2, 0.25) is 0 Å². The van der Waals surface area contributed by atoms with E-state index in [0.29, 0.717) is 35.8 Å². The molecule has 4 aromatic carbocycles. The Morgan fingerprint density at radius 1 is 0.538 bits per heavy atom. The molecule has 2 amide bonds. The highest BCUT2D eigenvalue weighted by atomic mass is 16.8. The van der Waals surface area contributed by atoms with Crippen LogP contribution in [0, 0.1) is 13.8 Å². The molecule has 2 heterocycles. The van der Waals surface area contributed by atoms with Gasteiger partial charge in [-0.15, -0.1) is 0 Å². The molecular formula is C48H60N2O15. The Bertz CT molecular complexity index is 2010. The number of benzene rings is 4. The Balaban J connectivity index is 1.12. The Labute approximate surface area is 377 Å². The highest BCUT2D eigenvalue weighted by Crippen LogP contribution is 2.33. The minimum absolute atomic E-state index is 0.160. The molecule has 2 fully saturated rings. The highest BCUT2D eigenvalue weighted by molar-refractivity contribution is 5.99. The minimum atomic E-state index is -1.90. The number of aryl methyl sites for hydroxylation is 2. The highest BCUT2D eigenvalue weighted by Gasteiger charge is 2.50. The second kappa shape index (κ2) is 23.2. The van der Waals surface area contributed by atoms with Crippen LogP contribution in [0.15, 0.2) is 84.9 Å². The smallest absolute Gasteiger partial charge is 0.255 e. The van der Waals surface area contributed by atoms with E-state index in [0.717, 1.165) is 24.0 Å². The normalized spacial score (nSPS) is 25.3. The van der Waals surface area contributed by atoms with E-state index in [9.17, 15) is 40.2 Å². The lowest BCUT2D eigenvalue weighted by atomic mass is 9.97. The molecule has 0 saturated carbocycles. The molecule has 0 aliphatic carbocycles. The maximum atomic E-state index is 13.8. The van der Waals surface area contributed by atoms with Crippen LogP contribution in [0.4, 0.5) is 0 Å². The number of aliphatic hydroxyl groups excluding tert-OH is 6. The zero-order chi connectivity index (χ0) is 46.6. The zero-order valence-corrected chi connectivity index (χ0v) is 36.9. The van der Waals surface area contributed by atoms with Gasteiger partial charge in [0.1, 0.15) is 85.0 Å². The largest absolute Gasteiger partial charge is 0.493 e. The first-order chi connectivity index (χ1) is 31.3. The number of amides is 2. The fourth-order valence-corrected chi connectivity index (χ4v) is 7.42. The van der Waals surface area contributed by atoms with Crippen molar-refractivity contribution in [3.05, 3.63) is 118 Å². The molecular weight excluding hydrogens is 845 g/mol. The van der Waals surface area contributed by atoms with Gasteiger partial charge in [0.15, 0.2) is 12.6 Å². The number of carbonyl (C=O) groups excluding carboxylic acids is 2. The summed E-state index contributed by atoms with van der Waals surface area (Å²) in [6.07, 6.45) is -15.7. The maximum absolute atomic E-state index is 13.8. The number of nitrogens with one attached hydrogen (secondary N) is 2. The van der Waals surface area contributed by atoms with Crippen LogP contribution >= 0.6 is 0 Å². The first-order valence-electron chi connectivity index (χ1n) is 21.8. The summed E-state index contributed by atoms with van der Waals surface area (Å²) in [6.45, 7) is 7.83. The van der Waals surface area contributed by atoms with Crippen LogP contribution in [0.25, 0.3) is 0 Å². The van der Waals surface area contributed by atoms with Gasteiger partial charge in [0.05, 0.1) is 24.3 Å². The van der Waals surface area contributed by atoms with E-state index in [1.54, 1.807) is 38.1 Å². The zero-order valence-electron chi connectivity index (χ0n) is 36.9. The Morgan fingerprint density at radius 2 is 0.923 bits per heavy atom. The molecule has 65 heavy (non-hydrogen) atoms. The SMILES string of the molecule is CCCOc1cc(C)c(C(=O)NC[C@H]2O[C@H](O[C@H]3O[C@H](CNC(=O)c4c(C)cc(OCCC)cc4OCc4ccccc4)[C@@H](O)[C@H](O)[C@H]3O)[C@H](O)[C@@H](O)[C@@H]2O)c(OCc2ccccc2)c1. The number of hydrogen-bond acceptors (Lipinski definition) is 15. The third kappa shape index (κ3) is 12.5. The first kappa shape index (κ1) is 49.1. The van der Waals surface area contributed by atoms with E-state index in [1.807, 2.05) is 74.5 Å². The molecule has 8 N–H and O–H groups in total. The van der Waals surface area contributed by atoms with Gasteiger partial charge in [0.2, 0.25) is 0 Å². The van der Waals surface area contributed by atoms with Crippen molar-refractivity contribution in [1.29, 1.82) is 0 Å². The Kier molecular flexibility index (Phi) is 17.5. The van der Waals surface area contributed by atoms with Crippen molar-refractivity contribution >= 4 is 11.8 Å². The lowest BCUT2D eigenvalue weighted by molar-refractivity contribution is -0.372. The van der Waals surface area contributed by atoms with Crippen molar-refractivity contribution in [3.63, 3.8) is 0 Å². The summed E-state index contributed by atoms with van der Waals surface area (Å²) in [5.41, 5.74) is 3.20. The second-order valence-electron chi connectivity index (χ2n) is 16.1. The van der Waals surface area contributed by atoms with E-state index in [-0.39, 0.29) is 48.9 Å². The van der Waals surface area contributed by atoms with Gasteiger partial charge in [0.25, 0.3) is 11.8 Å². The maximum Gasteiger partial charge on any atom is 0.255 e. The average molecular weight is 905 g/mol. The first-order valence-corrected chi connectivity index (χ1v) is 21.8. The van der Waals surface area contributed by atoms with E-state index in [1.165, 1.54) is 0 Å². The molecule has 2 saturated heterocycles. The van der Waals surface area contributed by atoms with E-state index >= 15 is 0 Å². The molecule has 17 nitrogen and oxygen atoms in total. The lowest BCUT2D eigenvalue weighted by Gasteiger charge is -2.45. The third-order valence-electron chi connectivity index (χ3n) is 11.0. The van der Waals surface area contributed by atoms with Gasteiger partial charge < -0.3 is 74.4 Å². The monoisotopic (exact) mass is 904 g/mol. The third-order valence-corrected chi connectivity index (χ3v) is 11.0. The van der Waals surface area contributed by atoms with Gasteiger partial charge in [-0.2, -0.15) is 0 Å². The quantitative estimate of drug-likeness (QED) is 0.0636. The van der Waals surface area contributed by atoms with Crippen LogP contribution in [0.5, 0.6) is 23.0 Å². The molecule has 0 aromatic heterocycles. The molecule has 2 aliphatic heterocycles. The standard InChI is InChI=1S/C48H60N2O15/c1-5-17-59-31-19-27(3)37(33(21-31)61-25-29-13-9-7-10-14-29)45(57)49-23-35-39(51)41(53)43(55)47(63-35)65-48-44(56)42(54)40(52)36(64-48)24-50-46(58)38-28(4)20-32(60-18-6-2)22-34(38)62-26-30-15-11-8-12-16-30/h7-16,19-22,35-36,39-44,47-48,51-56H,5-6,17-18,23-26H2,1-4H3,(H,49,57)(H,50,58)/t35-,36-,39-,40-,41+,42+,43-,44-,47-,48-/m1/s1. The van der Waals surface area contributed by atoms with Gasteiger partial charge in [-0.3, -0.25) is 9.59 Å². The average Bonchev–Trinajstić information content (AvgIpc) is 3.30. The van der Waals surface area contributed by atoms with Crippen LogP contribution in [0.3, 0.4) is 0 Å². The molecule has 6 rings (SSSR count). The van der Waals surface area contributed by atoms with Crippen molar-refractivity contribution < 1.29 is 73.4 Å². The molecule has 0 spiro atoms. The molecule has 10 atom stereocenters. The van der Waals surface area contributed by atoms with Crippen molar-refractivity contribution in [2.24, 2.45) is 0 Å². The van der Waals surface area contributed by atoms with E-state index < -0.39 is 73.2 Å². The van der Waals surface area contributed by atoms with Crippen LogP contribution in [0.1, 0.15) is 69.7 Å². The van der Waals surface area contributed by atoms with E-state index in [4.69, 9.17) is 33.2 Å². The van der Waals surface area contributed by atoms with Crippen LogP contribution in [-0.4, -0.2) is 130 Å². The summed E-state index contributed by atoms with van der Waals surface area (Å²) < 4.78 is 41.3. The van der Waals surface area contributed by atoms with Crippen LogP contribution in [-0.2, 0) is 27.4 Å². The number of hydrogen-bond donors (Lipinski definition) is 8. The molecule has 0 unspecified atom stereocenters.